The maximum atomic E-state index is 11.0. The Hall–Kier alpha value is -1.87. The largest absolute Gasteiger partial charge is 0.432 e. The SMILES string of the molecule is C=CC[N+](C)(C)C.C=COC(=O)c1ccccc1. The molecule has 0 unspecified atom stereocenters. The van der Waals surface area contributed by atoms with Crippen molar-refractivity contribution in [1.82, 2.24) is 0 Å². The summed E-state index contributed by atoms with van der Waals surface area (Å²) < 4.78 is 5.53. The molecular formula is C15H22NO2+. The van der Waals surface area contributed by atoms with E-state index in [2.05, 4.69) is 39.0 Å². The molecule has 0 saturated carbocycles. The van der Waals surface area contributed by atoms with Crippen LogP contribution in [0.4, 0.5) is 0 Å². The third-order valence-electron chi connectivity index (χ3n) is 1.88. The molecule has 0 radical (unpaired) electrons. The maximum Gasteiger partial charge on any atom is 0.342 e. The molecule has 0 bridgehead atoms. The number of likely N-dealkylation sites (N-methyl/N-ethyl adjacent to an activating group) is 1. The number of esters is 1. The Balaban J connectivity index is 0.000000360. The Bertz CT molecular complexity index is 377. The fourth-order valence-corrected chi connectivity index (χ4v) is 1.11. The first-order valence-corrected chi connectivity index (χ1v) is 5.69. The Kier molecular flexibility index (Phi) is 7.40. The maximum absolute atomic E-state index is 11.0. The molecule has 18 heavy (non-hydrogen) atoms. The molecule has 0 aliphatic carbocycles. The smallest absolute Gasteiger partial charge is 0.342 e. The van der Waals surface area contributed by atoms with Crippen LogP contribution in [0.3, 0.4) is 0 Å². The highest BCUT2D eigenvalue weighted by atomic mass is 16.5. The number of nitrogens with zero attached hydrogens (tertiary/aromatic N) is 1. The fraction of sp³-hybridized carbons (Fsp3) is 0.267. The molecule has 0 aliphatic heterocycles. The summed E-state index contributed by atoms with van der Waals surface area (Å²) in [5, 5.41) is 0. The van der Waals surface area contributed by atoms with E-state index in [1.54, 1.807) is 24.3 Å². The molecule has 1 aromatic rings. The molecule has 0 atom stereocenters. The summed E-state index contributed by atoms with van der Waals surface area (Å²) in [6.07, 6.45) is 3.05. The van der Waals surface area contributed by atoms with Crippen molar-refractivity contribution in [2.24, 2.45) is 0 Å². The highest BCUT2D eigenvalue weighted by Gasteiger charge is 2.02. The van der Waals surface area contributed by atoms with E-state index >= 15 is 0 Å². The van der Waals surface area contributed by atoms with Crippen LogP contribution in [0.1, 0.15) is 10.4 Å². The minimum Gasteiger partial charge on any atom is -0.432 e. The monoisotopic (exact) mass is 248 g/mol. The number of rotatable bonds is 4. The van der Waals surface area contributed by atoms with Gasteiger partial charge in [0, 0.05) is 0 Å². The van der Waals surface area contributed by atoms with Crippen LogP contribution in [0, 0.1) is 0 Å². The quantitative estimate of drug-likeness (QED) is 0.354. The number of carbonyl (C=O) groups is 1. The number of carbonyl (C=O) groups excluding carboxylic acids is 1. The van der Waals surface area contributed by atoms with Gasteiger partial charge in [-0.2, -0.15) is 0 Å². The number of hydrogen-bond acceptors (Lipinski definition) is 2. The molecule has 1 rings (SSSR count). The molecule has 0 N–H and O–H groups in total. The van der Waals surface area contributed by atoms with Crippen molar-refractivity contribution in [3.63, 3.8) is 0 Å². The van der Waals surface area contributed by atoms with Crippen molar-refractivity contribution in [3.05, 3.63) is 61.4 Å². The first-order valence-electron chi connectivity index (χ1n) is 5.69. The van der Waals surface area contributed by atoms with Gasteiger partial charge in [-0.25, -0.2) is 4.79 Å². The summed E-state index contributed by atoms with van der Waals surface area (Å²) in [5.74, 6) is -0.374. The van der Waals surface area contributed by atoms with Crippen LogP contribution in [0.15, 0.2) is 55.8 Å². The average molecular weight is 248 g/mol. The Morgan fingerprint density at radius 3 is 2.11 bits per heavy atom. The lowest BCUT2D eigenvalue weighted by molar-refractivity contribution is -0.864. The third-order valence-corrected chi connectivity index (χ3v) is 1.88. The zero-order valence-electron chi connectivity index (χ0n) is 11.4. The number of quaternary nitrogens is 1. The lowest BCUT2D eigenvalue weighted by Gasteiger charge is -2.21. The second-order valence-corrected chi connectivity index (χ2v) is 4.70. The fourth-order valence-electron chi connectivity index (χ4n) is 1.11. The van der Waals surface area contributed by atoms with Gasteiger partial charge in [0.1, 0.15) is 0 Å². The average Bonchev–Trinajstić information content (AvgIpc) is 2.30. The van der Waals surface area contributed by atoms with Crippen LogP contribution in [0.2, 0.25) is 0 Å². The van der Waals surface area contributed by atoms with Crippen LogP contribution < -0.4 is 0 Å². The van der Waals surface area contributed by atoms with Crippen LogP contribution in [-0.4, -0.2) is 38.1 Å². The number of benzene rings is 1. The van der Waals surface area contributed by atoms with E-state index in [-0.39, 0.29) is 5.97 Å². The summed E-state index contributed by atoms with van der Waals surface area (Å²) in [6, 6.07) is 8.77. The second kappa shape index (κ2) is 8.25. The summed E-state index contributed by atoms with van der Waals surface area (Å²) in [6.45, 7) is 7.96. The lowest BCUT2D eigenvalue weighted by Crippen LogP contribution is -2.33. The predicted molar refractivity (Wildman–Crippen MR) is 75.2 cm³/mol. The summed E-state index contributed by atoms with van der Waals surface area (Å²) in [7, 11) is 6.42. The van der Waals surface area contributed by atoms with Crippen LogP contribution in [0.5, 0.6) is 0 Å². The van der Waals surface area contributed by atoms with Crippen LogP contribution in [-0.2, 0) is 4.74 Å². The van der Waals surface area contributed by atoms with Crippen molar-refractivity contribution in [1.29, 1.82) is 0 Å². The van der Waals surface area contributed by atoms with Gasteiger partial charge in [0.15, 0.2) is 0 Å². The molecule has 0 aliphatic rings. The number of hydrogen-bond donors (Lipinski definition) is 0. The third kappa shape index (κ3) is 8.30. The molecular weight excluding hydrogens is 226 g/mol. The van der Waals surface area contributed by atoms with E-state index in [1.165, 1.54) is 0 Å². The van der Waals surface area contributed by atoms with Gasteiger partial charge in [0.05, 0.1) is 39.5 Å². The highest BCUT2D eigenvalue weighted by Crippen LogP contribution is 2.00. The molecule has 0 fully saturated rings. The lowest BCUT2D eigenvalue weighted by atomic mass is 10.2. The standard InChI is InChI=1S/C9H8O2.C6H14N/c1-2-11-9(10)8-6-4-3-5-7-8;1-5-6-7(2,3)4/h2-7H,1H2;5H,1,6H2,2-4H3/q;+1. The second-order valence-electron chi connectivity index (χ2n) is 4.70. The predicted octanol–water partition coefficient (Wildman–Crippen LogP) is 2.87. The van der Waals surface area contributed by atoms with Gasteiger partial charge in [0.2, 0.25) is 0 Å². The van der Waals surface area contributed by atoms with E-state index in [4.69, 9.17) is 0 Å². The van der Waals surface area contributed by atoms with Crippen molar-refractivity contribution in [3.8, 4) is 0 Å². The van der Waals surface area contributed by atoms with E-state index in [0.29, 0.717) is 5.56 Å². The number of ether oxygens (including phenoxy) is 1. The normalized spacial score (nSPS) is 9.72. The summed E-state index contributed by atoms with van der Waals surface area (Å²) >= 11 is 0. The zero-order valence-corrected chi connectivity index (χ0v) is 11.4. The van der Waals surface area contributed by atoms with E-state index < -0.39 is 0 Å². The molecule has 3 nitrogen and oxygen atoms in total. The minimum absolute atomic E-state index is 0.374. The summed E-state index contributed by atoms with van der Waals surface area (Å²) in [5.41, 5.74) is 0.535. The first-order chi connectivity index (χ1) is 8.40. The van der Waals surface area contributed by atoms with Gasteiger partial charge in [-0.1, -0.05) is 31.4 Å². The van der Waals surface area contributed by atoms with Crippen LogP contribution in [0.25, 0.3) is 0 Å². The summed E-state index contributed by atoms with van der Waals surface area (Å²) in [4.78, 5) is 11.0. The first kappa shape index (κ1) is 16.1. The van der Waals surface area contributed by atoms with E-state index in [9.17, 15) is 4.79 Å². The Morgan fingerprint density at radius 1 is 1.22 bits per heavy atom. The van der Waals surface area contributed by atoms with Crippen molar-refractivity contribution in [2.75, 3.05) is 27.7 Å². The Morgan fingerprint density at radius 2 is 1.78 bits per heavy atom. The molecule has 0 aromatic heterocycles. The minimum atomic E-state index is -0.374. The van der Waals surface area contributed by atoms with Gasteiger partial charge >= 0.3 is 5.97 Å². The topological polar surface area (TPSA) is 26.3 Å². The van der Waals surface area contributed by atoms with Crippen LogP contribution >= 0.6 is 0 Å². The zero-order chi connectivity index (χ0) is 14.0. The van der Waals surface area contributed by atoms with Crippen molar-refractivity contribution >= 4 is 5.97 Å². The van der Waals surface area contributed by atoms with E-state index in [1.807, 2.05) is 12.1 Å². The molecule has 3 heteroatoms. The van der Waals surface area contributed by atoms with E-state index in [0.717, 1.165) is 17.3 Å². The van der Waals surface area contributed by atoms with Crippen molar-refractivity contribution < 1.29 is 14.0 Å². The Labute approximate surface area is 110 Å². The van der Waals surface area contributed by atoms with Crippen molar-refractivity contribution in [2.45, 2.75) is 0 Å². The van der Waals surface area contributed by atoms with Gasteiger partial charge in [-0.15, -0.1) is 0 Å². The molecule has 0 spiro atoms. The van der Waals surface area contributed by atoms with Gasteiger partial charge in [-0.3, -0.25) is 0 Å². The molecule has 0 heterocycles. The molecule has 98 valence electrons. The molecule has 1 aromatic carbocycles. The van der Waals surface area contributed by atoms with Gasteiger partial charge in [-0.05, 0) is 18.2 Å². The molecule has 0 saturated heterocycles. The molecule has 0 amide bonds. The van der Waals surface area contributed by atoms with Gasteiger partial charge < -0.3 is 9.22 Å². The van der Waals surface area contributed by atoms with Gasteiger partial charge in [0.25, 0.3) is 0 Å². The highest BCUT2D eigenvalue weighted by molar-refractivity contribution is 5.89.